The van der Waals surface area contributed by atoms with E-state index in [1.807, 2.05) is 0 Å². The standard InChI is InChI=1S/C13H15BrClN3O2/c14-9-1-2-10(11(15)7-9)13(20)17-8-12(19)18-5-3-16-4-6-18/h1-2,7,16H,3-6,8H2,(H,17,20). The number of nitrogens with one attached hydrogen (secondary N) is 2. The molecular weight excluding hydrogens is 346 g/mol. The first kappa shape index (κ1) is 15.3. The Morgan fingerprint density at radius 1 is 1.35 bits per heavy atom. The van der Waals surface area contributed by atoms with Gasteiger partial charge in [-0.1, -0.05) is 27.5 Å². The van der Waals surface area contributed by atoms with Crippen LogP contribution in [0.25, 0.3) is 0 Å². The summed E-state index contributed by atoms with van der Waals surface area (Å²) in [5.74, 6) is -0.418. The number of rotatable bonds is 3. The third-order valence-electron chi connectivity index (χ3n) is 3.05. The molecule has 0 atom stereocenters. The van der Waals surface area contributed by atoms with E-state index >= 15 is 0 Å². The van der Waals surface area contributed by atoms with Crippen molar-refractivity contribution in [2.75, 3.05) is 32.7 Å². The van der Waals surface area contributed by atoms with Crippen LogP contribution in [0.5, 0.6) is 0 Å². The van der Waals surface area contributed by atoms with Gasteiger partial charge in [0.1, 0.15) is 0 Å². The van der Waals surface area contributed by atoms with Crippen LogP contribution in [0.4, 0.5) is 0 Å². The van der Waals surface area contributed by atoms with Crippen LogP contribution < -0.4 is 10.6 Å². The van der Waals surface area contributed by atoms with Gasteiger partial charge < -0.3 is 15.5 Å². The second kappa shape index (κ2) is 7.06. The fraction of sp³-hybridized carbons (Fsp3) is 0.385. The lowest BCUT2D eigenvalue weighted by Gasteiger charge is -2.27. The van der Waals surface area contributed by atoms with E-state index < -0.39 is 0 Å². The van der Waals surface area contributed by atoms with E-state index in [1.165, 1.54) is 0 Å². The predicted molar refractivity (Wildman–Crippen MR) is 80.9 cm³/mol. The number of benzene rings is 1. The van der Waals surface area contributed by atoms with E-state index in [2.05, 4.69) is 26.6 Å². The molecule has 0 bridgehead atoms. The lowest BCUT2D eigenvalue weighted by atomic mass is 10.2. The molecule has 108 valence electrons. The number of piperazine rings is 1. The fourth-order valence-electron chi connectivity index (χ4n) is 1.95. The molecule has 0 radical (unpaired) electrons. The molecule has 0 spiro atoms. The highest BCUT2D eigenvalue weighted by atomic mass is 79.9. The molecule has 20 heavy (non-hydrogen) atoms. The minimum absolute atomic E-state index is 0.00870. The molecule has 1 aromatic rings. The summed E-state index contributed by atoms with van der Waals surface area (Å²) in [5, 5.41) is 6.13. The number of hydrogen-bond donors (Lipinski definition) is 2. The molecule has 0 aromatic heterocycles. The van der Waals surface area contributed by atoms with E-state index in [4.69, 9.17) is 11.6 Å². The van der Waals surface area contributed by atoms with Crippen molar-refractivity contribution in [2.45, 2.75) is 0 Å². The molecule has 7 heteroatoms. The van der Waals surface area contributed by atoms with Crippen molar-refractivity contribution in [3.63, 3.8) is 0 Å². The molecule has 0 aliphatic carbocycles. The Morgan fingerprint density at radius 3 is 2.70 bits per heavy atom. The van der Waals surface area contributed by atoms with Crippen LogP contribution in [0.15, 0.2) is 22.7 Å². The maximum atomic E-state index is 12.0. The summed E-state index contributed by atoms with van der Waals surface area (Å²) in [4.78, 5) is 25.6. The summed E-state index contributed by atoms with van der Waals surface area (Å²) in [6.45, 7) is 2.92. The van der Waals surface area contributed by atoms with Gasteiger partial charge in [-0.05, 0) is 18.2 Å². The van der Waals surface area contributed by atoms with Gasteiger partial charge in [0.2, 0.25) is 5.91 Å². The highest BCUT2D eigenvalue weighted by molar-refractivity contribution is 9.10. The summed E-state index contributed by atoms with van der Waals surface area (Å²) in [5.41, 5.74) is 0.364. The van der Waals surface area contributed by atoms with Gasteiger partial charge >= 0.3 is 0 Å². The van der Waals surface area contributed by atoms with Gasteiger partial charge in [-0.2, -0.15) is 0 Å². The van der Waals surface area contributed by atoms with Crippen molar-refractivity contribution in [2.24, 2.45) is 0 Å². The second-order valence-corrected chi connectivity index (χ2v) is 5.76. The van der Waals surface area contributed by atoms with Crippen LogP contribution >= 0.6 is 27.5 Å². The average Bonchev–Trinajstić information content (AvgIpc) is 2.45. The molecule has 1 fully saturated rings. The molecule has 2 rings (SSSR count). The Hall–Kier alpha value is -1.11. The summed E-state index contributed by atoms with van der Waals surface area (Å²) in [7, 11) is 0. The first-order valence-electron chi connectivity index (χ1n) is 6.29. The molecule has 1 saturated heterocycles. The monoisotopic (exact) mass is 359 g/mol. The van der Waals surface area contributed by atoms with Crippen LogP contribution in [0, 0.1) is 0 Å². The summed E-state index contributed by atoms with van der Waals surface area (Å²) < 4.78 is 0.802. The minimum Gasteiger partial charge on any atom is -0.343 e. The Labute approximate surface area is 130 Å². The first-order valence-corrected chi connectivity index (χ1v) is 7.47. The number of hydrogen-bond acceptors (Lipinski definition) is 3. The lowest BCUT2D eigenvalue weighted by Crippen LogP contribution is -2.49. The molecule has 2 amide bonds. The molecule has 1 aliphatic heterocycles. The Morgan fingerprint density at radius 2 is 2.05 bits per heavy atom. The van der Waals surface area contributed by atoms with Gasteiger partial charge in [0.25, 0.3) is 5.91 Å². The maximum absolute atomic E-state index is 12.0. The van der Waals surface area contributed by atoms with E-state index in [9.17, 15) is 9.59 Å². The van der Waals surface area contributed by atoms with Crippen molar-refractivity contribution in [1.82, 2.24) is 15.5 Å². The third kappa shape index (κ3) is 3.94. The summed E-state index contributed by atoms with van der Waals surface area (Å²) in [6, 6.07) is 5.00. The number of carbonyl (C=O) groups excluding carboxylic acids is 2. The van der Waals surface area contributed by atoms with E-state index in [1.54, 1.807) is 23.1 Å². The van der Waals surface area contributed by atoms with Crippen molar-refractivity contribution in [1.29, 1.82) is 0 Å². The molecule has 1 aromatic carbocycles. The van der Waals surface area contributed by atoms with Gasteiger partial charge in [-0.15, -0.1) is 0 Å². The van der Waals surface area contributed by atoms with Gasteiger partial charge in [0.05, 0.1) is 17.1 Å². The number of amides is 2. The Kier molecular flexibility index (Phi) is 5.39. The molecule has 5 nitrogen and oxygen atoms in total. The Balaban J connectivity index is 1.89. The van der Waals surface area contributed by atoms with E-state index in [0.29, 0.717) is 23.7 Å². The largest absolute Gasteiger partial charge is 0.343 e. The smallest absolute Gasteiger partial charge is 0.253 e. The highest BCUT2D eigenvalue weighted by Gasteiger charge is 2.17. The summed E-state index contributed by atoms with van der Waals surface area (Å²) in [6.07, 6.45) is 0. The van der Waals surface area contributed by atoms with Crippen molar-refractivity contribution in [3.8, 4) is 0 Å². The SMILES string of the molecule is O=C(NCC(=O)N1CCNCC1)c1ccc(Br)cc1Cl. The molecule has 2 N–H and O–H groups in total. The van der Waals surface area contributed by atoms with Crippen LogP contribution in [0.2, 0.25) is 5.02 Å². The molecule has 1 aliphatic rings. The van der Waals surface area contributed by atoms with Crippen molar-refractivity contribution < 1.29 is 9.59 Å². The average molecular weight is 361 g/mol. The van der Waals surface area contributed by atoms with E-state index in [0.717, 1.165) is 17.6 Å². The van der Waals surface area contributed by atoms with Crippen LogP contribution in [0.1, 0.15) is 10.4 Å². The minimum atomic E-state index is -0.342. The zero-order valence-corrected chi connectivity index (χ0v) is 13.1. The summed E-state index contributed by atoms with van der Waals surface area (Å²) >= 11 is 9.27. The Bertz CT molecular complexity index is 518. The molecular formula is C13H15BrClN3O2. The molecule has 0 unspecified atom stereocenters. The van der Waals surface area contributed by atoms with Gasteiger partial charge in [-0.3, -0.25) is 9.59 Å². The van der Waals surface area contributed by atoms with Gasteiger partial charge in [-0.25, -0.2) is 0 Å². The molecule has 0 saturated carbocycles. The predicted octanol–water partition coefficient (Wildman–Crippen LogP) is 1.26. The maximum Gasteiger partial charge on any atom is 0.253 e. The van der Waals surface area contributed by atoms with Crippen LogP contribution in [-0.2, 0) is 4.79 Å². The first-order chi connectivity index (χ1) is 9.58. The van der Waals surface area contributed by atoms with Crippen molar-refractivity contribution in [3.05, 3.63) is 33.3 Å². The normalized spacial score (nSPS) is 15.0. The lowest BCUT2D eigenvalue weighted by molar-refractivity contribution is -0.130. The zero-order chi connectivity index (χ0) is 14.5. The number of halogens is 2. The van der Waals surface area contributed by atoms with Gasteiger partial charge in [0.15, 0.2) is 0 Å². The zero-order valence-electron chi connectivity index (χ0n) is 10.8. The fourth-order valence-corrected chi connectivity index (χ4v) is 2.71. The molecule has 1 heterocycles. The van der Waals surface area contributed by atoms with Crippen LogP contribution in [0.3, 0.4) is 0 Å². The quantitative estimate of drug-likeness (QED) is 0.853. The van der Waals surface area contributed by atoms with E-state index in [-0.39, 0.29) is 18.4 Å². The van der Waals surface area contributed by atoms with Crippen molar-refractivity contribution >= 4 is 39.3 Å². The second-order valence-electron chi connectivity index (χ2n) is 4.44. The topological polar surface area (TPSA) is 61.4 Å². The highest BCUT2D eigenvalue weighted by Crippen LogP contribution is 2.21. The van der Waals surface area contributed by atoms with Crippen LogP contribution in [-0.4, -0.2) is 49.4 Å². The number of nitrogens with zero attached hydrogens (tertiary/aromatic N) is 1. The van der Waals surface area contributed by atoms with Gasteiger partial charge in [0, 0.05) is 30.7 Å². The third-order valence-corrected chi connectivity index (χ3v) is 3.85. The number of carbonyl (C=O) groups is 2.